The van der Waals surface area contributed by atoms with E-state index in [1.807, 2.05) is 80.3 Å². The highest BCUT2D eigenvalue weighted by atomic mass is 16.1. The monoisotopic (exact) mass is 517 g/mol. The fourth-order valence-corrected chi connectivity index (χ4v) is 4.33. The lowest BCUT2D eigenvalue weighted by molar-refractivity contribution is 0.102. The lowest BCUT2D eigenvalue weighted by Gasteiger charge is -2.21. The Morgan fingerprint density at radius 1 is 1.08 bits per heavy atom. The van der Waals surface area contributed by atoms with Gasteiger partial charge in [-0.1, -0.05) is 26.0 Å². The summed E-state index contributed by atoms with van der Waals surface area (Å²) in [5.74, 6) is 1.83. The van der Waals surface area contributed by atoms with Gasteiger partial charge in [0.1, 0.15) is 0 Å². The lowest BCUT2D eigenvalue weighted by atomic mass is 10.1. The second kappa shape index (κ2) is 12.1. The smallest absolute Gasteiger partial charge is 0.255 e. The molecule has 10 heteroatoms. The van der Waals surface area contributed by atoms with Crippen LogP contribution in [0.4, 0.5) is 34.9 Å². The van der Waals surface area contributed by atoms with E-state index in [1.54, 1.807) is 0 Å². The fraction of sp³-hybridized carbons (Fsp3) is 0.429. The topological polar surface area (TPSA) is 110 Å². The van der Waals surface area contributed by atoms with Crippen molar-refractivity contribution in [1.29, 1.82) is 0 Å². The quantitative estimate of drug-likeness (QED) is 0.316. The Labute approximate surface area is 225 Å². The first-order valence-electron chi connectivity index (χ1n) is 13.1. The van der Waals surface area contributed by atoms with Gasteiger partial charge in [0, 0.05) is 62.9 Å². The van der Waals surface area contributed by atoms with Crippen LogP contribution in [0.15, 0.2) is 42.5 Å². The summed E-state index contributed by atoms with van der Waals surface area (Å²) in [6, 6.07) is 13.6. The number of aryl methyl sites for hydroxylation is 1. The van der Waals surface area contributed by atoms with Crippen LogP contribution in [0.2, 0.25) is 0 Å². The van der Waals surface area contributed by atoms with E-state index in [0.29, 0.717) is 29.3 Å². The molecule has 1 aliphatic rings. The van der Waals surface area contributed by atoms with Crippen LogP contribution in [0.5, 0.6) is 0 Å². The number of nitrogens with one attached hydrogen (secondary N) is 4. The van der Waals surface area contributed by atoms with Crippen LogP contribution < -0.4 is 31.1 Å². The third-order valence-electron chi connectivity index (χ3n) is 6.36. The molecule has 10 nitrogen and oxygen atoms in total. The van der Waals surface area contributed by atoms with Crippen molar-refractivity contribution in [3.05, 3.63) is 53.6 Å². The molecule has 0 saturated carbocycles. The summed E-state index contributed by atoms with van der Waals surface area (Å²) in [7, 11) is 5.93. The van der Waals surface area contributed by atoms with Crippen molar-refractivity contribution < 1.29 is 4.79 Å². The van der Waals surface area contributed by atoms with Gasteiger partial charge in [-0.2, -0.15) is 15.0 Å². The normalized spacial score (nSPS) is 14.9. The first-order valence-corrected chi connectivity index (χ1v) is 13.1. The summed E-state index contributed by atoms with van der Waals surface area (Å²) in [6.07, 6.45) is 1.01. The van der Waals surface area contributed by atoms with Crippen molar-refractivity contribution in [2.45, 2.75) is 33.2 Å². The molecule has 0 bridgehead atoms. The molecule has 1 aliphatic heterocycles. The summed E-state index contributed by atoms with van der Waals surface area (Å²) in [5, 5.41) is 13.1. The zero-order valence-electron chi connectivity index (χ0n) is 23.2. The van der Waals surface area contributed by atoms with E-state index in [1.165, 1.54) is 0 Å². The largest absolute Gasteiger partial charge is 0.378 e. The van der Waals surface area contributed by atoms with Crippen LogP contribution in [0.25, 0.3) is 0 Å². The second-order valence-corrected chi connectivity index (χ2v) is 10.4. The molecule has 4 rings (SSSR count). The first kappa shape index (κ1) is 27.1. The molecule has 2 aromatic carbocycles. The molecular weight excluding hydrogens is 478 g/mol. The van der Waals surface area contributed by atoms with Gasteiger partial charge in [-0.25, -0.2) is 0 Å². The molecule has 3 aromatic rings. The van der Waals surface area contributed by atoms with Crippen LogP contribution in [0, 0.1) is 12.8 Å². The van der Waals surface area contributed by atoms with Gasteiger partial charge in [-0.3, -0.25) is 4.79 Å². The maximum Gasteiger partial charge on any atom is 0.255 e. The van der Waals surface area contributed by atoms with E-state index in [0.717, 1.165) is 48.7 Å². The number of rotatable bonds is 10. The van der Waals surface area contributed by atoms with Crippen molar-refractivity contribution in [2.75, 3.05) is 66.5 Å². The van der Waals surface area contributed by atoms with Crippen molar-refractivity contribution >= 4 is 40.8 Å². The van der Waals surface area contributed by atoms with Gasteiger partial charge in [0.25, 0.3) is 5.91 Å². The molecule has 0 radical (unpaired) electrons. The summed E-state index contributed by atoms with van der Waals surface area (Å²) in [5.41, 5.74) is 4.03. The third kappa shape index (κ3) is 7.10. The summed E-state index contributed by atoms with van der Waals surface area (Å²) in [4.78, 5) is 31.2. The standard InChI is InChI=1S/C28H39N9O/c1-18(2)17-37(6)28-34-26(31-22-12-13-29-16-22)33-27(35-28)32-24-14-20(11-10-19(24)3)25(38)30-21-8-7-9-23(15-21)36(4)5/h7-11,14-15,18,22,29H,12-13,16-17H2,1-6H3,(H,30,38)(H2,31,32,33,34,35)/t22-/m0/s1. The van der Waals surface area contributed by atoms with Gasteiger partial charge in [0.2, 0.25) is 17.8 Å². The molecule has 0 unspecified atom stereocenters. The van der Waals surface area contributed by atoms with Gasteiger partial charge < -0.3 is 31.1 Å². The zero-order valence-corrected chi connectivity index (χ0v) is 23.2. The van der Waals surface area contributed by atoms with Crippen LogP contribution in [-0.4, -0.2) is 67.7 Å². The van der Waals surface area contributed by atoms with Gasteiger partial charge in [-0.15, -0.1) is 0 Å². The highest BCUT2D eigenvalue weighted by Gasteiger charge is 2.18. The summed E-state index contributed by atoms with van der Waals surface area (Å²) >= 11 is 0. The predicted octanol–water partition coefficient (Wildman–Crippen LogP) is 4.11. The molecule has 0 spiro atoms. The molecule has 1 aromatic heterocycles. The first-order chi connectivity index (χ1) is 18.2. The number of amides is 1. The number of hydrogen-bond acceptors (Lipinski definition) is 9. The van der Waals surface area contributed by atoms with E-state index in [2.05, 4.69) is 45.1 Å². The minimum atomic E-state index is -0.187. The predicted molar refractivity (Wildman–Crippen MR) is 156 cm³/mol. The molecule has 38 heavy (non-hydrogen) atoms. The Morgan fingerprint density at radius 2 is 1.87 bits per heavy atom. The Kier molecular flexibility index (Phi) is 8.62. The molecule has 1 amide bonds. The minimum Gasteiger partial charge on any atom is -0.378 e. The lowest BCUT2D eigenvalue weighted by Crippen LogP contribution is -2.27. The fourth-order valence-electron chi connectivity index (χ4n) is 4.33. The third-order valence-corrected chi connectivity index (χ3v) is 6.36. The van der Waals surface area contributed by atoms with E-state index >= 15 is 0 Å². The zero-order chi connectivity index (χ0) is 27.2. The molecular formula is C28H39N9O. The molecule has 202 valence electrons. The van der Waals surface area contributed by atoms with E-state index < -0.39 is 0 Å². The molecule has 2 heterocycles. The van der Waals surface area contributed by atoms with Crippen LogP contribution in [0.3, 0.4) is 0 Å². The maximum absolute atomic E-state index is 13.1. The number of anilines is 6. The minimum absolute atomic E-state index is 0.187. The molecule has 0 aliphatic carbocycles. The SMILES string of the molecule is Cc1ccc(C(=O)Nc2cccc(N(C)C)c2)cc1Nc1nc(N[C@H]2CCNC2)nc(N(C)CC(C)C)n1. The number of aromatic nitrogens is 3. The Balaban J connectivity index is 1.57. The second-order valence-electron chi connectivity index (χ2n) is 10.4. The average molecular weight is 518 g/mol. The van der Waals surface area contributed by atoms with Crippen LogP contribution in [-0.2, 0) is 0 Å². The molecule has 4 N–H and O–H groups in total. The van der Waals surface area contributed by atoms with Gasteiger partial charge in [0.05, 0.1) is 0 Å². The Hall–Kier alpha value is -3.92. The van der Waals surface area contributed by atoms with Crippen molar-refractivity contribution in [1.82, 2.24) is 20.3 Å². The van der Waals surface area contributed by atoms with Crippen molar-refractivity contribution in [3.63, 3.8) is 0 Å². The average Bonchev–Trinajstić information content (AvgIpc) is 3.38. The highest BCUT2D eigenvalue weighted by Crippen LogP contribution is 2.24. The number of carbonyl (C=O) groups is 1. The number of carbonyl (C=O) groups excluding carboxylic acids is 1. The van der Waals surface area contributed by atoms with Crippen LogP contribution in [0.1, 0.15) is 36.2 Å². The van der Waals surface area contributed by atoms with Crippen molar-refractivity contribution in [3.8, 4) is 0 Å². The van der Waals surface area contributed by atoms with E-state index in [4.69, 9.17) is 4.98 Å². The molecule has 1 saturated heterocycles. The van der Waals surface area contributed by atoms with E-state index in [-0.39, 0.29) is 11.9 Å². The molecule has 1 atom stereocenters. The van der Waals surface area contributed by atoms with Crippen molar-refractivity contribution in [2.24, 2.45) is 5.92 Å². The number of benzene rings is 2. The maximum atomic E-state index is 13.1. The van der Waals surface area contributed by atoms with Gasteiger partial charge in [-0.05, 0) is 61.7 Å². The summed E-state index contributed by atoms with van der Waals surface area (Å²) < 4.78 is 0. The Bertz CT molecular complexity index is 1250. The molecule has 1 fully saturated rings. The van der Waals surface area contributed by atoms with Gasteiger partial charge in [0.15, 0.2) is 0 Å². The van der Waals surface area contributed by atoms with Crippen LogP contribution >= 0.6 is 0 Å². The highest BCUT2D eigenvalue weighted by molar-refractivity contribution is 6.05. The number of hydrogen-bond donors (Lipinski definition) is 4. The van der Waals surface area contributed by atoms with Gasteiger partial charge >= 0.3 is 0 Å². The summed E-state index contributed by atoms with van der Waals surface area (Å²) in [6.45, 7) is 8.98. The Morgan fingerprint density at radius 3 is 2.58 bits per heavy atom. The van der Waals surface area contributed by atoms with E-state index in [9.17, 15) is 4.79 Å². The number of nitrogens with zero attached hydrogens (tertiary/aromatic N) is 5.